The van der Waals surface area contributed by atoms with E-state index in [2.05, 4.69) is 40.4 Å². The number of nitrogens with zero attached hydrogens (tertiary/aromatic N) is 5. The molecule has 4 aromatic heterocycles. The van der Waals surface area contributed by atoms with Crippen molar-refractivity contribution in [1.82, 2.24) is 28.9 Å². The molecule has 32 heavy (non-hydrogen) atoms. The smallest absolute Gasteiger partial charge is 0.756 e. The molecule has 2 aliphatic heterocycles. The summed E-state index contributed by atoms with van der Waals surface area (Å²) in [6.45, 7) is -0.296. The van der Waals surface area contributed by atoms with Crippen molar-refractivity contribution in [2.75, 3.05) is 6.61 Å². The van der Waals surface area contributed by atoms with Crippen LogP contribution in [0, 0.1) is 0 Å². The lowest BCUT2D eigenvalue weighted by Crippen LogP contribution is -2.41. The van der Waals surface area contributed by atoms with Gasteiger partial charge >= 0.3 is 1.43 Å². The zero-order valence-corrected chi connectivity index (χ0v) is 18.3. The van der Waals surface area contributed by atoms with Crippen LogP contribution in [-0.2, 0) is 18.3 Å². The van der Waals surface area contributed by atoms with Crippen molar-refractivity contribution in [1.29, 1.82) is 0 Å². The minimum Gasteiger partial charge on any atom is -0.756 e. The molecule has 3 unspecified atom stereocenters. The highest BCUT2D eigenvalue weighted by molar-refractivity contribution is 9.10. The zero-order valence-electron chi connectivity index (χ0n) is 16.9. The highest BCUT2D eigenvalue weighted by Crippen LogP contribution is 2.50. The van der Waals surface area contributed by atoms with Gasteiger partial charge in [0, 0.05) is 24.2 Å². The number of pyridine rings is 1. The number of imidazole rings is 2. The van der Waals surface area contributed by atoms with E-state index in [1.54, 1.807) is 30.7 Å². The first-order valence-corrected chi connectivity index (χ1v) is 11.6. The molecule has 0 aromatic carbocycles. The second-order valence-corrected chi connectivity index (χ2v) is 9.38. The molecule has 4 aromatic rings. The van der Waals surface area contributed by atoms with E-state index >= 15 is 0 Å². The zero-order chi connectivity index (χ0) is 22.2. The van der Waals surface area contributed by atoms with Crippen LogP contribution < -0.4 is 10.5 Å². The molecule has 2 N–H and O–H groups in total. The summed E-state index contributed by atoms with van der Waals surface area (Å²) in [6, 6.07) is 3.57. The summed E-state index contributed by atoms with van der Waals surface area (Å²) >= 11 is 3.28. The normalized spacial score (nSPS) is 30.2. The van der Waals surface area contributed by atoms with Crippen molar-refractivity contribution in [3.05, 3.63) is 45.8 Å². The van der Waals surface area contributed by atoms with E-state index in [1.165, 1.54) is 8.97 Å². The number of hydrogen-bond acceptors (Lipinski definition) is 10. The van der Waals surface area contributed by atoms with Crippen LogP contribution in [0.2, 0.25) is 0 Å². The third kappa shape index (κ3) is 2.99. The Kier molecular flexibility index (Phi) is 4.43. The van der Waals surface area contributed by atoms with Crippen molar-refractivity contribution in [3.63, 3.8) is 0 Å². The van der Waals surface area contributed by atoms with Gasteiger partial charge in [-0.25, -0.2) is 9.38 Å². The Hall–Kier alpha value is -2.45. The van der Waals surface area contributed by atoms with Crippen molar-refractivity contribution in [2.45, 2.75) is 24.5 Å². The van der Waals surface area contributed by atoms with E-state index < -0.39 is 37.9 Å². The predicted octanol–water partition coefficient (Wildman–Crippen LogP) is 0.451. The van der Waals surface area contributed by atoms with Crippen LogP contribution in [0.4, 0.5) is 0 Å². The predicted molar refractivity (Wildman–Crippen MR) is 109 cm³/mol. The first-order chi connectivity index (χ1) is 15.3. The summed E-state index contributed by atoms with van der Waals surface area (Å²) in [4.78, 5) is 40.6. The summed E-state index contributed by atoms with van der Waals surface area (Å²) in [5, 5.41) is 10.7. The highest BCUT2D eigenvalue weighted by atomic mass is 79.9. The van der Waals surface area contributed by atoms with Gasteiger partial charge in [0.1, 0.15) is 18.3 Å². The molecular formula is C17H14BrN6O7P. The molecule has 6 heterocycles. The average molecular weight is 525 g/mol. The lowest BCUT2D eigenvalue weighted by atomic mass is 10.1. The van der Waals surface area contributed by atoms with E-state index in [1.807, 2.05) is 0 Å². The largest absolute Gasteiger partial charge is 1.00 e. The molecule has 2 aliphatic rings. The average Bonchev–Trinajstić information content (AvgIpc) is 3.43. The number of fused-ring (bicyclic) bond motifs is 3. The Morgan fingerprint density at radius 3 is 2.91 bits per heavy atom. The number of ether oxygens (including phenoxy) is 1. The second-order valence-electron chi connectivity index (χ2n) is 7.31. The standard InChI is InChI=1S/C17H14BrN6O7P/c18-16-21-10-13(24(16)15-11(25)12-9(30-15)6-29-32(27,28)31-12)22-17-20-8(5-23(17)14(10)26)7-1-3-19-4-2-7/h1-5,9,11-12,15,25H,6H2,(H,20,22)(H,27,28)/t9?,11?,12-,15-/m1/s1. The van der Waals surface area contributed by atoms with Crippen LogP contribution in [0.1, 0.15) is 7.65 Å². The summed E-state index contributed by atoms with van der Waals surface area (Å²) < 4.78 is 29.9. The molecule has 0 amide bonds. The van der Waals surface area contributed by atoms with Gasteiger partial charge in [-0.15, -0.1) is 0 Å². The van der Waals surface area contributed by atoms with Crippen LogP contribution in [0.25, 0.3) is 28.2 Å². The van der Waals surface area contributed by atoms with Gasteiger partial charge in [0.25, 0.3) is 13.4 Å². The van der Waals surface area contributed by atoms with Crippen molar-refractivity contribution < 1.29 is 29.8 Å². The molecule has 5 atom stereocenters. The fraction of sp³-hybridized carbons (Fsp3) is 0.294. The molecule has 6 rings (SSSR count). The molecule has 15 heteroatoms. The van der Waals surface area contributed by atoms with Crippen LogP contribution in [0.5, 0.6) is 0 Å². The number of aromatic nitrogens is 6. The maximum Gasteiger partial charge on any atom is 1.00 e. The van der Waals surface area contributed by atoms with Crippen molar-refractivity contribution in [2.24, 2.45) is 0 Å². The van der Waals surface area contributed by atoms with Crippen molar-refractivity contribution in [3.8, 4) is 11.3 Å². The van der Waals surface area contributed by atoms with E-state index in [9.17, 15) is 19.4 Å². The molecular weight excluding hydrogens is 511 g/mol. The number of aliphatic hydroxyl groups excluding tert-OH is 1. The van der Waals surface area contributed by atoms with E-state index in [0.29, 0.717) is 5.69 Å². The SMILES string of the molecule is O=c1c2nc(Br)n([C@@H]3OC4COP(=O)([O-])O[C@H]4C3O)c2nc2[nH]c(-c3ccncc3)cn12.[H+]. The number of hydrogen-bond donors (Lipinski definition) is 2. The third-order valence-corrected chi connectivity index (χ3v) is 6.94. The van der Waals surface area contributed by atoms with Gasteiger partial charge in [0.15, 0.2) is 22.1 Å². The molecule has 166 valence electrons. The molecule has 13 nitrogen and oxygen atoms in total. The van der Waals surface area contributed by atoms with E-state index in [0.717, 1.165) is 5.56 Å². The minimum atomic E-state index is -4.53. The van der Waals surface area contributed by atoms with E-state index in [-0.39, 0.29) is 29.7 Å². The third-order valence-electron chi connectivity index (χ3n) is 5.41. The number of H-pyrrole nitrogens is 1. The maximum absolute atomic E-state index is 13.1. The van der Waals surface area contributed by atoms with Crippen LogP contribution in [0.15, 0.2) is 40.3 Å². The first-order valence-electron chi connectivity index (χ1n) is 9.39. The highest BCUT2D eigenvalue weighted by Gasteiger charge is 2.51. The molecule has 0 spiro atoms. The first kappa shape index (κ1) is 20.2. The molecule has 2 saturated heterocycles. The quantitative estimate of drug-likeness (QED) is 0.277. The van der Waals surface area contributed by atoms with Gasteiger partial charge < -0.3 is 28.8 Å². The Morgan fingerprint density at radius 1 is 1.34 bits per heavy atom. The van der Waals surface area contributed by atoms with Gasteiger partial charge in [0.05, 0.1) is 12.3 Å². The molecule has 0 radical (unpaired) electrons. The Bertz CT molecular complexity index is 1480. The van der Waals surface area contributed by atoms with Crippen molar-refractivity contribution >= 4 is 40.7 Å². The number of halogens is 1. The summed E-state index contributed by atoms with van der Waals surface area (Å²) in [5.74, 6) is 0.247. The molecule has 0 aliphatic carbocycles. The number of aliphatic hydroxyl groups is 1. The fourth-order valence-electron chi connectivity index (χ4n) is 3.95. The van der Waals surface area contributed by atoms with Gasteiger partial charge in [-0.2, -0.15) is 4.98 Å². The van der Waals surface area contributed by atoms with E-state index in [4.69, 9.17) is 9.26 Å². The number of rotatable bonds is 2. The van der Waals surface area contributed by atoms with Crippen LogP contribution in [-0.4, -0.2) is 58.9 Å². The Balaban J connectivity index is 0.00000228. The Morgan fingerprint density at radius 2 is 2.12 bits per heavy atom. The minimum absolute atomic E-state index is 0. The van der Waals surface area contributed by atoms with Gasteiger partial charge in [-0.05, 0) is 28.1 Å². The lowest BCUT2D eigenvalue weighted by Gasteiger charge is -2.34. The van der Waals surface area contributed by atoms with Gasteiger partial charge in [-0.1, -0.05) is 0 Å². The summed E-state index contributed by atoms with van der Waals surface area (Å²) in [5.41, 5.74) is 1.19. The topological polar surface area (TPSA) is 169 Å². The van der Waals surface area contributed by atoms with Crippen LogP contribution in [0.3, 0.4) is 0 Å². The monoisotopic (exact) mass is 524 g/mol. The summed E-state index contributed by atoms with van der Waals surface area (Å²) in [7, 11) is -4.53. The molecule has 0 saturated carbocycles. The maximum atomic E-state index is 13.1. The fourth-order valence-corrected chi connectivity index (χ4v) is 5.44. The Labute approximate surface area is 187 Å². The number of nitrogens with one attached hydrogen (secondary N) is 1. The lowest BCUT2D eigenvalue weighted by molar-refractivity contribution is -0.245. The van der Waals surface area contributed by atoms with Gasteiger partial charge in [-0.3, -0.25) is 18.9 Å². The number of aromatic amines is 1. The van der Waals surface area contributed by atoms with Crippen LogP contribution >= 0.6 is 23.8 Å². The molecule has 2 fully saturated rings. The van der Waals surface area contributed by atoms with Gasteiger partial charge in [0.2, 0.25) is 5.78 Å². The number of phosphoric acid groups is 1. The second kappa shape index (κ2) is 7.02. The number of phosphoric ester groups is 1. The molecule has 0 bridgehead atoms. The summed E-state index contributed by atoms with van der Waals surface area (Å²) in [6.07, 6.45) is 0.389.